The number of halogens is 1. The highest BCUT2D eigenvalue weighted by Gasteiger charge is 2.32. The van der Waals surface area contributed by atoms with Crippen LogP contribution in [0.25, 0.3) is 0 Å². The molecule has 1 aliphatic rings. The molecule has 126 valence electrons. The predicted molar refractivity (Wildman–Crippen MR) is 91.3 cm³/mol. The third-order valence-corrected chi connectivity index (χ3v) is 4.13. The number of nitrogens with one attached hydrogen (secondary N) is 2. The van der Waals surface area contributed by atoms with Crippen LogP contribution in [0.3, 0.4) is 0 Å². The normalized spacial score (nSPS) is 18.8. The van der Waals surface area contributed by atoms with Crippen LogP contribution in [0.4, 0.5) is 0 Å². The van der Waals surface area contributed by atoms with Crippen molar-refractivity contribution in [2.75, 3.05) is 6.54 Å². The van der Waals surface area contributed by atoms with Crippen LogP contribution >= 0.6 is 23.4 Å². The molecule has 1 atom stereocenters. The van der Waals surface area contributed by atoms with E-state index in [0.717, 1.165) is 17.3 Å². The number of carbonyl (C=O) groups is 3. The molecule has 10 heteroatoms. The topological polar surface area (TPSA) is 120 Å². The quantitative estimate of drug-likeness (QED) is 0.508. The van der Waals surface area contributed by atoms with Crippen LogP contribution in [-0.2, 0) is 14.4 Å². The molecule has 1 fully saturated rings. The first kappa shape index (κ1) is 18.0. The fraction of sp³-hybridized carbons (Fsp3) is 0.214. The van der Waals surface area contributed by atoms with Crippen LogP contribution in [0.1, 0.15) is 12.0 Å². The van der Waals surface area contributed by atoms with Crippen molar-refractivity contribution in [2.45, 2.75) is 11.7 Å². The standard InChI is InChI=1S/C14H13ClN4O4S/c15-9-3-1-8(2-4-9)6-17-19-14-18-13(23)10(24-14)5-11(20)16-7-12(21)22/h1-4,6,10H,5,7H2,(H,16,20)(H,21,22)(H,18,19,23)/b17-6+. The molecule has 1 saturated heterocycles. The Balaban J connectivity index is 1.87. The number of aliphatic carboxylic acids is 1. The number of rotatable bonds is 6. The number of carboxylic acids is 1. The molecule has 0 spiro atoms. The minimum atomic E-state index is -1.15. The highest BCUT2D eigenvalue weighted by atomic mass is 35.5. The SMILES string of the molecule is O=C(O)CNC(=O)CC1S/C(=N/N=C/c2ccc(Cl)cc2)NC1=O. The van der Waals surface area contributed by atoms with Gasteiger partial charge in [0, 0.05) is 11.4 Å². The summed E-state index contributed by atoms with van der Waals surface area (Å²) in [5.41, 5.74) is 0.794. The largest absolute Gasteiger partial charge is 0.480 e. The van der Waals surface area contributed by atoms with Gasteiger partial charge in [0.05, 0.1) is 6.21 Å². The smallest absolute Gasteiger partial charge is 0.322 e. The van der Waals surface area contributed by atoms with Gasteiger partial charge in [-0.1, -0.05) is 35.5 Å². The van der Waals surface area contributed by atoms with Gasteiger partial charge in [0.15, 0.2) is 5.17 Å². The summed E-state index contributed by atoms with van der Waals surface area (Å²) in [5.74, 6) is -2.03. The second-order valence-corrected chi connectivity index (χ2v) is 6.30. The first-order valence-corrected chi connectivity index (χ1v) is 8.02. The molecule has 8 nitrogen and oxygen atoms in total. The summed E-state index contributed by atoms with van der Waals surface area (Å²) in [7, 11) is 0. The average molecular weight is 369 g/mol. The molecular formula is C14H13ClN4O4S. The molecule has 0 bridgehead atoms. The van der Waals surface area contributed by atoms with Crippen molar-refractivity contribution in [2.24, 2.45) is 10.2 Å². The molecule has 1 aliphatic heterocycles. The van der Waals surface area contributed by atoms with E-state index in [2.05, 4.69) is 20.8 Å². The lowest BCUT2D eigenvalue weighted by Crippen LogP contribution is -2.33. The number of benzene rings is 1. The van der Waals surface area contributed by atoms with Gasteiger partial charge < -0.3 is 15.7 Å². The van der Waals surface area contributed by atoms with E-state index in [1.807, 2.05) is 0 Å². The van der Waals surface area contributed by atoms with Crippen molar-refractivity contribution in [3.05, 3.63) is 34.9 Å². The molecule has 0 aliphatic carbocycles. The van der Waals surface area contributed by atoms with E-state index < -0.39 is 23.7 Å². The fourth-order valence-electron chi connectivity index (χ4n) is 1.70. The summed E-state index contributed by atoms with van der Waals surface area (Å²) in [6.07, 6.45) is 1.37. The Labute approximate surface area is 146 Å². The minimum absolute atomic E-state index is 0.135. The zero-order valence-corrected chi connectivity index (χ0v) is 13.8. The predicted octanol–water partition coefficient (Wildman–Crippen LogP) is 0.852. The van der Waals surface area contributed by atoms with Crippen molar-refractivity contribution in [3.8, 4) is 0 Å². The van der Waals surface area contributed by atoms with Gasteiger partial charge in [0.25, 0.3) is 0 Å². The van der Waals surface area contributed by atoms with Gasteiger partial charge in [-0.05, 0) is 17.7 Å². The molecular weight excluding hydrogens is 356 g/mol. The Bertz CT molecular complexity index is 705. The van der Waals surface area contributed by atoms with Crippen molar-refractivity contribution in [1.29, 1.82) is 0 Å². The van der Waals surface area contributed by atoms with Crippen molar-refractivity contribution in [1.82, 2.24) is 10.6 Å². The molecule has 3 N–H and O–H groups in total. The maximum atomic E-state index is 11.8. The molecule has 0 radical (unpaired) electrons. The Morgan fingerprint density at radius 2 is 2.08 bits per heavy atom. The number of carboxylic acid groups (broad SMARTS) is 1. The van der Waals surface area contributed by atoms with Crippen molar-refractivity contribution in [3.63, 3.8) is 0 Å². The number of amides is 2. The molecule has 1 aromatic carbocycles. The number of hydrogen-bond donors (Lipinski definition) is 3. The number of thioether (sulfide) groups is 1. The van der Waals surface area contributed by atoms with Gasteiger partial charge in [-0.25, -0.2) is 0 Å². The van der Waals surface area contributed by atoms with E-state index in [4.69, 9.17) is 16.7 Å². The second kappa shape index (κ2) is 8.46. The highest BCUT2D eigenvalue weighted by Crippen LogP contribution is 2.22. The van der Waals surface area contributed by atoms with E-state index in [1.54, 1.807) is 24.3 Å². The van der Waals surface area contributed by atoms with Gasteiger partial charge in [-0.2, -0.15) is 5.10 Å². The highest BCUT2D eigenvalue weighted by molar-refractivity contribution is 8.15. The number of amidine groups is 1. The minimum Gasteiger partial charge on any atom is -0.480 e. The van der Waals surface area contributed by atoms with E-state index in [-0.39, 0.29) is 17.5 Å². The first-order chi connectivity index (χ1) is 11.4. The summed E-state index contributed by atoms with van der Waals surface area (Å²) in [4.78, 5) is 33.7. The summed E-state index contributed by atoms with van der Waals surface area (Å²) in [6.45, 7) is -0.482. The Kier molecular flexibility index (Phi) is 6.33. The fourth-order valence-corrected chi connectivity index (χ4v) is 2.75. The average Bonchev–Trinajstić information content (AvgIpc) is 2.87. The van der Waals surface area contributed by atoms with Gasteiger partial charge in [-0.3, -0.25) is 14.4 Å². The summed E-state index contributed by atoms with van der Waals surface area (Å²) >= 11 is 6.84. The molecule has 1 aromatic rings. The number of hydrogen-bond acceptors (Lipinski definition) is 6. The lowest BCUT2D eigenvalue weighted by molar-refractivity contribution is -0.137. The molecule has 24 heavy (non-hydrogen) atoms. The number of nitrogens with zero attached hydrogens (tertiary/aromatic N) is 2. The Hall–Kier alpha value is -2.39. The van der Waals surface area contributed by atoms with Gasteiger partial charge in [0.1, 0.15) is 11.8 Å². The second-order valence-electron chi connectivity index (χ2n) is 4.67. The summed E-state index contributed by atoms with van der Waals surface area (Å²) < 4.78 is 0. The molecule has 2 amide bonds. The van der Waals surface area contributed by atoms with Gasteiger partial charge in [-0.15, -0.1) is 5.10 Å². The third kappa shape index (κ3) is 5.67. The van der Waals surface area contributed by atoms with E-state index in [9.17, 15) is 14.4 Å². The van der Waals surface area contributed by atoms with Crippen LogP contribution in [0.5, 0.6) is 0 Å². The van der Waals surface area contributed by atoms with Crippen LogP contribution in [0.2, 0.25) is 5.02 Å². The van der Waals surface area contributed by atoms with Crippen molar-refractivity contribution >= 4 is 52.5 Å². The molecule has 2 rings (SSSR count). The maximum absolute atomic E-state index is 11.8. The van der Waals surface area contributed by atoms with E-state index in [0.29, 0.717) is 5.02 Å². The zero-order valence-electron chi connectivity index (χ0n) is 12.2. The van der Waals surface area contributed by atoms with Crippen molar-refractivity contribution < 1.29 is 19.5 Å². The lowest BCUT2D eigenvalue weighted by Gasteiger charge is -2.04. The van der Waals surface area contributed by atoms with Crippen LogP contribution in [0, 0.1) is 0 Å². The van der Waals surface area contributed by atoms with E-state index >= 15 is 0 Å². The molecule has 0 saturated carbocycles. The molecule has 1 heterocycles. The zero-order chi connectivity index (χ0) is 17.5. The molecule has 0 aromatic heterocycles. The first-order valence-electron chi connectivity index (χ1n) is 6.76. The van der Waals surface area contributed by atoms with E-state index in [1.165, 1.54) is 6.21 Å². The van der Waals surface area contributed by atoms with Gasteiger partial charge >= 0.3 is 5.97 Å². The number of carbonyl (C=O) groups excluding carboxylic acids is 2. The van der Waals surface area contributed by atoms with Gasteiger partial charge in [0.2, 0.25) is 11.8 Å². The lowest BCUT2D eigenvalue weighted by atomic mass is 10.2. The maximum Gasteiger partial charge on any atom is 0.322 e. The van der Waals surface area contributed by atoms with Crippen LogP contribution in [-0.4, -0.2) is 46.1 Å². The van der Waals surface area contributed by atoms with Crippen LogP contribution < -0.4 is 10.6 Å². The molecule has 1 unspecified atom stereocenters. The Morgan fingerprint density at radius 1 is 1.38 bits per heavy atom. The summed E-state index contributed by atoms with van der Waals surface area (Å²) in [5, 5.41) is 21.2. The monoisotopic (exact) mass is 368 g/mol. The van der Waals surface area contributed by atoms with Crippen LogP contribution in [0.15, 0.2) is 34.5 Å². The Morgan fingerprint density at radius 3 is 2.75 bits per heavy atom. The summed E-state index contributed by atoms with van der Waals surface area (Å²) in [6, 6.07) is 6.96. The third-order valence-electron chi connectivity index (χ3n) is 2.81.